The van der Waals surface area contributed by atoms with Crippen LogP contribution in [0.1, 0.15) is 17.2 Å². The molecule has 1 N–H and O–H groups in total. The maximum absolute atomic E-state index is 14.5. The van der Waals surface area contributed by atoms with Gasteiger partial charge in [0.2, 0.25) is 0 Å². The molecule has 4 nitrogen and oxygen atoms in total. The number of epoxide rings is 1. The molecular formula is C17H13ClFN3OS. The highest BCUT2D eigenvalue weighted by molar-refractivity contribution is 7.71. The maximum Gasteiger partial charge on any atom is 0.195 e. The van der Waals surface area contributed by atoms with E-state index in [-0.39, 0.29) is 11.9 Å². The lowest BCUT2D eigenvalue weighted by Crippen LogP contribution is -2.21. The number of benzene rings is 2. The number of H-pyrrole nitrogens is 1. The highest BCUT2D eigenvalue weighted by Crippen LogP contribution is 2.59. The van der Waals surface area contributed by atoms with E-state index in [1.807, 2.05) is 18.2 Å². The zero-order valence-corrected chi connectivity index (χ0v) is 14.0. The number of ether oxygens (including phenoxy) is 1. The van der Waals surface area contributed by atoms with Crippen LogP contribution in [-0.2, 0) is 16.9 Å². The van der Waals surface area contributed by atoms with Crippen molar-refractivity contribution in [3.05, 3.63) is 81.6 Å². The summed E-state index contributed by atoms with van der Waals surface area (Å²) in [5.74, 6) is -0.325. The number of rotatable bonds is 4. The van der Waals surface area contributed by atoms with Gasteiger partial charge in [-0.2, -0.15) is 5.10 Å². The molecule has 0 radical (unpaired) electrons. The zero-order chi connectivity index (χ0) is 16.7. The SMILES string of the molecule is Fc1ccccc1[C@]1(Cn2nc[nH]c2=S)O[C@H]1c1ccccc1Cl. The normalized spacial score (nSPS) is 22.5. The Hall–Kier alpha value is -2.02. The van der Waals surface area contributed by atoms with E-state index < -0.39 is 5.60 Å². The lowest BCUT2D eigenvalue weighted by molar-refractivity contribution is 0.256. The van der Waals surface area contributed by atoms with Gasteiger partial charge in [0.1, 0.15) is 23.8 Å². The molecule has 4 rings (SSSR count). The summed E-state index contributed by atoms with van der Waals surface area (Å²) < 4.78 is 22.5. The van der Waals surface area contributed by atoms with Crippen LogP contribution >= 0.6 is 23.8 Å². The topological polar surface area (TPSA) is 46.1 Å². The minimum Gasteiger partial charge on any atom is -0.354 e. The summed E-state index contributed by atoms with van der Waals surface area (Å²) in [5, 5.41) is 4.76. The highest BCUT2D eigenvalue weighted by Gasteiger charge is 2.60. The fourth-order valence-corrected chi connectivity index (χ4v) is 3.41. The molecule has 0 spiro atoms. The van der Waals surface area contributed by atoms with Crippen molar-refractivity contribution in [1.29, 1.82) is 0 Å². The van der Waals surface area contributed by atoms with Gasteiger partial charge >= 0.3 is 0 Å². The van der Waals surface area contributed by atoms with Crippen LogP contribution in [0.2, 0.25) is 5.02 Å². The second kappa shape index (κ2) is 5.81. The van der Waals surface area contributed by atoms with Crippen molar-refractivity contribution in [2.75, 3.05) is 0 Å². The highest BCUT2D eigenvalue weighted by atomic mass is 35.5. The first-order valence-electron chi connectivity index (χ1n) is 7.39. The summed E-state index contributed by atoms with van der Waals surface area (Å²) in [6.07, 6.45) is 1.14. The first-order chi connectivity index (χ1) is 11.6. The molecule has 122 valence electrons. The van der Waals surface area contributed by atoms with Gasteiger partial charge < -0.3 is 9.72 Å². The fourth-order valence-electron chi connectivity index (χ4n) is 3.01. The van der Waals surface area contributed by atoms with Crippen molar-refractivity contribution in [2.45, 2.75) is 18.2 Å². The minimum atomic E-state index is -0.885. The lowest BCUT2D eigenvalue weighted by Gasteiger charge is -2.15. The van der Waals surface area contributed by atoms with E-state index in [4.69, 9.17) is 28.6 Å². The summed E-state index contributed by atoms with van der Waals surface area (Å²) >= 11 is 11.5. The van der Waals surface area contributed by atoms with Crippen molar-refractivity contribution in [3.8, 4) is 0 Å². The van der Waals surface area contributed by atoms with Gasteiger partial charge in [-0.25, -0.2) is 9.07 Å². The molecule has 0 amide bonds. The zero-order valence-electron chi connectivity index (χ0n) is 12.4. The van der Waals surface area contributed by atoms with Gasteiger partial charge in [0.25, 0.3) is 0 Å². The first-order valence-corrected chi connectivity index (χ1v) is 8.18. The maximum atomic E-state index is 14.5. The molecule has 0 aliphatic carbocycles. The number of aromatic amines is 1. The van der Waals surface area contributed by atoms with E-state index in [2.05, 4.69) is 10.1 Å². The fraction of sp³-hybridized carbons (Fsp3) is 0.176. The number of hydrogen-bond donors (Lipinski definition) is 1. The van der Waals surface area contributed by atoms with Crippen molar-refractivity contribution in [3.63, 3.8) is 0 Å². The van der Waals surface area contributed by atoms with E-state index in [0.29, 0.717) is 21.9 Å². The van der Waals surface area contributed by atoms with Crippen LogP contribution in [0, 0.1) is 10.6 Å². The van der Waals surface area contributed by atoms with Crippen LogP contribution in [0.5, 0.6) is 0 Å². The Balaban J connectivity index is 1.81. The van der Waals surface area contributed by atoms with Crippen molar-refractivity contribution in [2.24, 2.45) is 0 Å². The molecule has 3 aromatic rings. The third-order valence-electron chi connectivity index (χ3n) is 4.22. The van der Waals surface area contributed by atoms with E-state index in [1.165, 1.54) is 12.4 Å². The summed E-state index contributed by atoms with van der Waals surface area (Å²) in [6.45, 7) is 0.298. The third-order valence-corrected chi connectivity index (χ3v) is 4.89. The molecule has 1 saturated heterocycles. The second-order valence-corrected chi connectivity index (χ2v) is 6.43. The standard InChI is InChI=1S/C17H13ClFN3OS/c18-13-7-3-1-5-11(13)15-17(23-15,9-22-16(24)20-10-21-22)12-6-2-4-8-14(12)19/h1-8,10,15H,9H2,(H,20,21,24)/t15-,17-/m0/s1. The minimum absolute atomic E-state index is 0.298. The first kappa shape index (κ1) is 15.5. The Kier molecular flexibility index (Phi) is 3.75. The van der Waals surface area contributed by atoms with E-state index in [9.17, 15) is 4.39 Å². The molecule has 0 unspecified atom stereocenters. The molecule has 1 fully saturated rings. The monoisotopic (exact) mass is 361 g/mol. The molecule has 0 saturated carbocycles. The summed E-state index contributed by atoms with van der Waals surface area (Å²) in [6, 6.07) is 14.0. The van der Waals surface area contributed by atoms with Crippen LogP contribution in [0.3, 0.4) is 0 Å². The van der Waals surface area contributed by atoms with Crippen LogP contribution in [-0.4, -0.2) is 14.8 Å². The number of nitrogens with one attached hydrogen (secondary N) is 1. The number of halogens is 2. The quantitative estimate of drug-likeness (QED) is 0.553. The predicted molar refractivity (Wildman–Crippen MR) is 90.8 cm³/mol. The van der Waals surface area contributed by atoms with Crippen molar-refractivity contribution in [1.82, 2.24) is 14.8 Å². The molecule has 0 bridgehead atoms. The van der Waals surface area contributed by atoms with Gasteiger partial charge in [-0.05, 0) is 24.4 Å². The molecule has 2 aromatic carbocycles. The van der Waals surface area contributed by atoms with Gasteiger partial charge in [-0.3, -0.25) is 0 Å². The molecule has 2 atom stereocenters. The lowest BCUT2D eigenvalue weighted by atomic mass is 9.91. The van der Waals surface area contributed by atoms with Gasteiger partial charge in [-0.15, -0.1) is 0 Å². The Morgan fingerprint density at radius 1 is 1.25 bits per heavy atom. The van der Waals surface area contributed by atoms with E-state index in [0.717, 1.165) is 5.56 Å². The molecule has 24 heavy (non-hydrogen) atoms. The van der Waals surface area contributed by atoms with Crippen LogP contribution < -0.4 is 0 Å². The Labute approximate surface area is 147 Å². The van der Waals surface area contributed by atoms with Gasteiger partial charge in [0.05, 0.1) is 6.54 Å². The Morgan fingerprint density at radius 2 is 2.00 bits per heavy atom. The van der Waals surface area contributed by atoms with Crippen LogP contribution in [0.15, 0.2) is 54.9 Å². The van der Waals surface area contributed by atoms with Gasteiger partial charge in [0, 0.05) is 16.1 Å². The van der Waals surface area contributed by atoms with Crippen molar-refractivity contribution >= 4 is 23.8 Å². The summed E-state index contributed by atoms with van der Waals surface area (Å²) in [5.41, 5.74) is 0.410. The van der Waals surface area contributed by atoms with E-state index in [1.54, 1.807) is 28.9 Å². The average Bonchev–Trinajstić information content (AvgIpc) is 3.15. The number of nitrogens with zero attached hydrogens (tertiary/aromatic N) is 2. The van der Waals surface area contributed by atoms with Gasteiger partial charge in [0.15, 0.2) is 4.77 Å². The van der Waals surface area contributed by atoms with Crippen molar-refractivity contribution < 1.29 is 9.13 Å². The van der Waals surface area contributed by atoms with Crippen LogP contribution in [0.4, 0.5) is 4.39 Å². The summed E-state index contributed by atoms with van der Waals surface area (Å²) in [7, 11) is 0. The summed E-state index contributed by atoms with van der Waals surface area (Å²) in [4.78, 5) is 2.84. The predicted octanol–water partition coefficient (Wildman–Crippen LogP) is 4.40. The molecular weight excluding hydrogens is 349 g/mol. The number of aromatic nitrogens is 3. The third kappa shape index (κ3) is 2.47. The molecule has 2 heterocycles. The molecule has 1 aliphatic rings. The Morgan fingerprint density at radius 3 is 2.71 bits per heavy atom. The molecule has 1 aromatic heterocycles. The van der Waals surface area contributed by atoms with Crippen LogP contribution in [0.25, 0.3) is 0 Å². The Bertz CT molecular complexity index is 957. The molecule has 1 aliphatic heterocycles. The smallest absolute Gasteiger partial charge is 0.195 e. The largest absolute Gasteiger partial charge is 0.354 e. The number of hydrogen-bond acceptors (Lipinski definition) is 3. The average molecular weight is 362 g/mol. The molecule has 7 heteroatoms. The second-order valence-electron chi connectivity index (χ2n) is 5.64. The van der Waals surface area contributed by atoms with Gasteiger partial charge in [-0.1, -0.05) is 48.0 Å². The van der Waals surface area contributed by atoms with E-state index >= 15 is 0 Å².